The van der Waals surface area contributed by atoms with Gasteiger partial charge in [-0.05, 0) is 18.1 Å². The minimum Gasteiger partial charge on any atom is -0.326 e. The van der Waals surface area contributed by atoms with Gasteiger partial charge in [0.25, 0.3) is 6.43 Å². The summed E-state index contributed by atoms with van der Waals surface area (Å²) >= 11 is 0. The van der Waals surface area contributed by atoms with Crippen LogP contribution < -0.4 is 5.73 Å². The molecule has 0 fully saturated rings. The summed E-state index contributed by atoms with van der Waals surface area (Å²) in [5.41, 5.74) is 6.06. The highest BCUT2D eigenvalue weighted by molar-refractivity contribution is 5.77. The molecule has 0 spiro atoms. The van der Waals surface area contributed by atoms with Crippen LogP contribution >= 0.6 is 0 Å². The summed E-state index contributed by atoms with van der Waals surface area (Å²) < 4.78 is 24.8. The summed E-state index contributed by atoms with van der Waals surface area (Å²) in [6.45, 7) is 1.55. The van der Waals surface area contributed by atoms with Crippen molar-refractivity contribution in [2.24, 2.45) is 5.73 Å². The predicted molar refractivity (Wildman–Crippen MR) is 47.2 cm³/mol. The van der Waals surface area contributed by atoms with Gasteiger partial charge < -0.3 is 5.73 Å². The van der Waals surface area contributed by atoms with Crippen molar-refractivity contribution in [3.05, 3.63) is 28.6 Å². The van der Waals surface area contributed by atoms with E-state index in [0.29, 0.717) is 17.4 Å². The first-order valence-electron chi connectivity index (χ1n) is 4.03. The first kappa shape index (κ1) is 10.7. The Kier molecular flexibility index (Phi) is 3.24. The van der Waals surface area contributed by atoms with Crippen LogP contribution in [0.1, 0.15) is 33.6 Å². The monoisotopic (exact) mass is 200 g/mol. The molecule has 0 saturated heterocycles. The molecule has 2 N–H and O–H groups in total. The number of carbonyl (C=O) groups is 1. The summed E-state index contributed by atoms with van der Waals surface area (Å²) in [7, 11) is 0. The molecule has 0 aromatic carbocycles. The zero-order valence-corrected chi connectivity index (χ0v) is 7.63. The zero-order chi connectivity index (χ0) is 10.7. The van der Waals surface area contributed by atoms with Gasteiger partial charge in [-0.2, -0.15) is 0 Å². The van der Waals surface area contributed by atoms with Crippen molar-refractivity contribution in [1.29, 1.82) is 0 Å². The summed E-state index contributed by atoms with van der Waals surface area (Å²) in [5.74, 6) is 0. The van der Waals surface area contributed by atoms with E-state index in [0.717, 1.165) is 6.20 Å². The van der Waals surface area contributed by atoms with Crippen molar-refractivity contribution in [3.8, 4) is 0 Å². The average molecular weight is 200 g/mol. The van der Waals surface area contributed by atoms with Gasteiger partial charge in [-0.15, -0.1) is 0 Å². The molecule has 0 atom stereocenters. The highest BCUT2D eigenvalue weighted by Crippen LogP contribution is 2.23. The summed E-state index contributed by atoms with van der Waals surface area (Å²) in [4.78, 5) is 14.1. The Morgan fingerprint density at radius 1 is 1.64 bits per heavy atom. The fraction of sp³-hybridized carbons (Fsp3) is 0.333. The van der Waals surface area contributed by atoms with E-state index in [-0.39, 0.29) is 17.8 Å². The number of carbonyl (C=O) groups excluding carboxylic acids is 1. The topological polar surface area (TPSA) is 56.0 Å². The van der Waals surface area contributed by atoms with Gasteiger partial charge in [0.1, 0.15) is 5.69 Å². The maximum absolute atomic E-state index is 12.4. The maximum atomic E-state index is 12.4. The lowest BCUT2D eigenvalue weighted by atomic mass is 10.0. The second-order valence-corrected chi connectivity index (χ2v) is 2.83. The van der Waals surface area contributed by atoms with E-state index in [1.807, 2.05) is 0 Å². The second kappa shape index (κ2) is 4.23. The minimum absolute atomic E-state index is 0.0577. The van der Waals surface area contributed by atoms with E-state index >= 15 is 0 Å². The van der Waals surface area contributed by atoms with Gasteiger partial charge in [0, 0.05) is 18.3 Å². The highest BCUT2D eigenvalue weighted by atomic mass is 19.3. The third-order valence-corrected chi connectivity index (χ3v) is 2.07. The molecule has 0 radical (unpaired) electrons. The molecular formula is C9H10F2N2O. The zero-order valence-electron chi connectivity index (χ0n) is 7.63. The van der Waals surface area contributed by atoms with Gasteiger partial charge in [-0.25, -0.2) is 8.78 Å². The Morgan fingerprint density at radius 2 is 2.29 bits per heavy atom. The van der Waals surface area contributed by atoms with E-state index in [1.165, 1.54) is 6.92 Å². The van der Waals surface area contributed by atoms with E-state index in [2.05, 4.69) is 4.98 Å². The average Bonchev–Trinajstić information content (AvgIpc) is 2.16. The van der Waals surface area contributed by atoms with Crippen LogP contribution in [0.5, 0.6) is 0 Å². The lowest BCUT2D eigenvalue weighted by Crippen LogP contribution is -2.08. The molecule has 1 rings (SSSR count). The number of halogens is 2. The van der Waals surface area contributed by atoms with Crippen molar-refractivity contribution >= 4 is 6.29 Å². The molecule has 0 unspecified atom stereocenters. The van der Waals surface area contributed by atoms with Crippen LogP contribution in [-0.2, 0) is 6.54 Å². The number of aromatic nitrogens is 1. The molecule has 0 aliphatic rings. The van der Waals surface area contributed by atoms with Crippen LogP contribution in [-0.4, -0.2) is 11.3 Å². The van der Waals surface area contributed by atoms with Crippen LogP contribution in [0.25, 0.3) is 0 Å². The van der Waals surface area contributed by atoms with Gasteiger partial charge in [0.05, 0.1) is 0 Å². The number of nitrogens with two attached hydrogens (primary N) is 1. The third-order valence-electron chi connectivity index (χ3n) is 2.07. The van der Waals surface area contributed by atoms with E-state index in [4.69, 9.17) is 5.73 Å². The van der Waals surface area contributed by atoms with E-state index in [9.17, 15) is 13.6 Å². The van der Waals surface area contributed by atoms with Gasteiger partial charge in [-0.3, -0.25) is 9.78 Å². The number of aldehydes is 1. The summed E-state index contributed by atoms with van der Waals surface area (Å²) in [6, 6.07) is 0. The molecule has 14 heavy (non-hydrogen) atoms. The second-order valence-electron chi connectivity index (χ2n) is 2.83. The molecule has 1 aromatic rings. The van der Waals surface area contributed by atoms with Gasteiger partial charge in [0.15, 0.2) is 6.29 Å². The summed E-state index contributed by atoms with van der Waals surface area (Å²) in [5, 5.41) is 0. The van der Waals surface area contributed by atoms with Crippen LogP contribution in [0.2, 0.25) is 0 Å². The predicted octanol–water partition coefficient (Wildman–Crippen LogP) is 1.60. The van der Waals surface area contributed by atoms with Crippen molar-refractivity contribution in [3.63, 3.8) is 0 Å². The maximum Gasteiger partial charge on any atom is 0.280 e. The van der Waals surface area contributed by atoms with Crippen LogP contribution in [0.4, 0.5) is 8.78 Å². The number of nitrogens with zero attached hydrogens (tertiary/aromatic N) is 1. The number of hydrogen-bond donors (Lipinski definition) is 1. The SMILES string of the molecule is Cc1c(C(F)F)ncc(C=O)c1CN. The van der Waals surface area contributed by atoms with E-state index < -0.39 is 6.43 Å². The van der Waals surface area contributed by atoms with Crippen LogP contribution in [0.3, 0.4) is 0 Å². The smallest absolute Gasteiger partial charge is 0.280 e. The molecule has 0 aliphatic heterocycles. The lowest BCUT2D eigenvalue weighted by Gasteiger charge is -2.10. The Hall–Kier alpha value is -1.36. The normalized spacial score (nSPS) is 10.6. The third kappa shape index (κ3) is 1.77. The largest absolute Gasteiger partial charge is 0.326 e. The number of rotatable bonds is 3. The Morgan fingerprint density at radius 3 is 2.71 bits per heavy atom. The quantitative estimate of drug-likeness (QED) is 0.754. The lowest BCUT2D eigenvalue weighted by molar-refractivity contribution is 0.112. The van der Waals surface area contributed by atoms with Gasteiger partial charge in [-0.1, -0.05) is 0 Å². The molecule has 0 bridgehead atoms. The Balaban J connectivity index is 3.34. The van der Waals surface area contributed by atoms with Crippen molar-refractivity contribution < 1.29 is 13.6 Å². The fourth-order valence-electron chi connectivity index (χ4n) is 1.28. The molecular weight excluding hydrogens is 190 g/mol. The molecule has 0 amide bonds. The summed E-state index contributed by atoms with van der Waals surface area (Å²) in [6.07, 6.45) is -0.942. The Bertz CT molecular complexity index is 353. The molecule has 1 heterocycles. The van der Waals surface area contributed by atoms with Gasteiger partial charge in [0.2, 0.25) is 0 Å². The molecule has 0 saturated carbocycles. The van der Waals surface area contributed by atoms with Crippen molar-refractivity contribution in [1.82, 2.24) is 4.98 Å². The first-order chi connectivity index (χ1) is 6.61. The Labute approximate surface area is 79.9 Å². The van der Waals surface area contributed by atoms with Crippen molar-refractivity contribution in [2.45, 2.75) is 19.9 Å². The standard InChI is InChI=1S/C9H10F2N2O/c1-5-7(2-12)6(4-14)3-13-8(5)9(10)11/h3-4,9H,2,12H2,1H3. The molecule has 0 aliphatic carbocycles. The number of pyridine rings is 1. The molecule has 76 valence electrons. The number of hydrogen-bond acceptors (Lipinski definition) is 3. The minimum atomic E-state index is -2.64. The first-order valence-corrected chi connectivity index (χ1v) is 4.03. The van der Waals surface area contributed by atoms with Crippen LogP contribution in [0, 0.1) is 6.92 Å². The molecule has 5 heteroatoms. The molecule has 1 aromatic heterocycles. The van der Waals surface area contributed by atoms with Crippen molar-refractivity contribution in [2.75, 3.05) is 0 Å². The van der Waals surface area contributed by atoms with E-state index in [1.54, 1.807) is 0 Å². The van der Waals surface area contributed by atoms with Crippen LogP contribution in [0.15, 0.2) is 6.20 Å². The number of alkyl halides is 2. The highest BCUT2D eigenvalue weighted by Gasteiger charge is 2.16. The molecule has 3 nitrogen and oxygen atoms in total. The fourth-order valence-corrected chi connectivity index (χ4v) is 1.28. The van der Waals surface area contributed by atoms with Gasteiger partial charge >= 0.3 is 0 Å².